The fraction of sp³-hybridized carbons (Fsp3) is 0.333. The summed E-state index contributed by atoms with van der Waals surface area (Å²) < 4.78 is 0. The zero-order chi connectivity index (χ0) is 6.85. The summed E-state index contributed by atoms with van der Waals surface area (Å²) in [6, 6.07) is 0. The molecule has 0 N–H and O–H groups in total. The van der Waals surface area contributed by atoms with Crippen molar-refractivity contribution >= 4 is 6.08 Å². The molecule has 1 aromatic heterocycles. The molecule has 0 radical (unpaired) electrons. The molecule has 9 heavy (non-hydrogen) atoms. The van der Waals surface area contributed by atoms with Crippen molar-refractivity contribution < 1.29 is 0 Å². The lowest BCUT2D eigenvalue weighted by molar-refractivity contribution is 0.648. The molecule has 0 atom stereocenters. The summed E-state index contributed by atoms with van der Waals surface area (Å²) in [4.78, 5) is 1.53. The second-order valence-electron chi connectivity index (χ2n) is 1.86. The maximum atomic E-state index is 4.02. The van der Waals surface area contributed by atoms with Crippen molar-refractivity contribution in [3.8, 4) is 0 Å². The van der Waals surface area contributed by atoms with Gasteiger partial charge in [-0.2, -0.15) is 15.0 Å². The van der Waals surface area contributed by atoms with E-state index < -0.39 is 0 Å². The Morgan fingerprint density at radius 2 is 2.22 bits per heavy atom. The predicted molar refractivity (Wildman–Crippen MR) is 35.8 cm³/mol. The van der Waals surface area contributed by atoms with E-state index >= 15 is 0 Å². The van der Waals surface area contributed by atoms with Crippen molar-refractivity contribution in [3.05, 3.63) is 18.0 Å². The Kier molecular flexibility index (Phi) is 1.34. The van der Waals surface area contributed by atoms with Crippen LogP contribution in [0.1, 0.15) is 11.4 Å². The lowest BCUT2D eigenvalue weighted by atomic mass is 10.3. The van der Waals surface area contributed by atoms with Crippen molar-refractivity contribution in [2.75, 3.05) is 0 Å². The Morgan fingerprint density at radius 1 is 1.56 bits per heavy atom. The first-order valence-corrected chi connectivity index (χ1v) is 2.74. The SMILES string of the molecule is C=Cc1nn(C)nc1C. The average Bonchev–Trinajstić information content (AvgIpc) is 2.10. The standard InChI is InChI=1S/C6H9N3/c1-4-6-5(2)7-9(3)8-6/h4H,1H2,2-3H3. The lowest BCUT2D eigenvalue weighted by Gasteiger charge is -1.78. The third-order valence-corrected chi connectivity index (χ3v) is 1.11. The molecule has 0 spiro atoms. The second kappa shape index (κ2) is 2.01. The molecule has 1 rings (SSSR count). The molecule has 0 bridgehead atoms. The number of aryl methyl sites for hydroxylation is 2. The van der Waals surface area contributed by atoms with E-state index in [-0.39, 0.29) is 0 Å². The molecule has 0 aliphatic carbocycles. The van der Waals surface area contributed by atoms with Crippen LogP contribution in [0.15, 0.2) is 6.58 Å². The molecule has 0 unspecified atom stereocenters. The molecule has 0 aliphatic rings. The van der Waals surface area contributed by atoms with Gasteiger partial charge in [-0.1, -0.05) is 6.58 Å². The van der Waals surface area contributed by atoms with Gasteiger partial charge in [0.15, 0.2) is 0 Å². The van der Waals surface area contributed by atoms with Gasteiger partial charge in [0, 0.05) is 7.05 Å². The minimum atomic E-state index is 0.859. The van der Waals surface area contributed by atoms with E-state index in [1.807, 2.05) is 6.92 Å². The fourth-order valence-electron chi connectivity index (χ4n) is 0.707. The minimum Gasteiger partial charge on any atom is -0.187 e. The van der Waals surface area contributed by atoms with Gasteiger partial charge in [-0.05, 0) is 13.0 Å². The van der Waals surface area contributed by atoms with Crippen LogP contribution in [-0.2, 0) is 7.05 Å². The molecule has 48 valence electrons. The van der Waals surface area contributed by atoms with Gasteiger partial charge in [-0.15, -0.1) is 0 Å². The summed E-state index contributed by atoms with van der Waals surface area (Å²) in [5.74, 6) is 0. The summed E-state index contributed by atoms with van der Waals surface area (Å²) in [7, 11) is 1.79. The van der Waals surface area contributed by atoms with Crippen LogP contribution in [0, 0.1) is 6.92 Å². The molecule has 0 amide bonds. The maximum Gasteiger partial charge on any atom is 0.108 e. The number of aromatic nitrogens is 3. The van der Waals surface area contributed by atoms with Crippen molar-refractivity contribution in [2.45, 2.75) is 6.92 Å². The second-order valence-corrected chi connectivity index (χ2v) is 1.86. The topological polar surface area (TPSA) is 30.7 Å². The average molecular weight is 123 g/mol. The van der Waals surface area contributed by atoms with Crippen molar-refractivity contribution in [2.24, 2.45) is 7.05 Å². The zero-order valence-electron chi connectivity index (χ0n) is 5.63. The summed E-state index contributed by atoms with van der Waals surface area (Å²) in [5.41, 5.74) is 1.78. The van der Waals surface area contributed by atoms with Crippen LogP contribution in [-0.4, -0.2) is 15.0 Å². The highest BCUT2D eigenvalue weighted by molar-refractivity contribution is 5.42. The van der Waals surface area contributed by atoms with Gasteiger partial charge < -0.3 is 0 Å². The van der Waals surface area contributed by atoms with E-state index in [2.05, 4.69) is 16.8 Å². The van der Waals surface area contributed by atoms with Crippen LogP contribution in [0.3, 0.4) is 0 Å². The van der Waals surface area contributed by atoms with E-state index in [1.165, 1.54) is 4.80 Å². The van der Waals surface area contributed by atoms with E-state index in [0.717, 1.165) is 11.4 Å². The first-order valence-electron chi connectivity index (χ1n) is 2.74. The van der Waals surface area contributed by atoms with E-state index in [0.29, 0.717) is 0 Å². The van der Waals surface area contributed by atoms with Crippen molar-refractivity contribution in [3.63, 3.8) is 0 Å². The van der Waals surface area contributed by atoms with Crippen LogP contribution in [0.2, 0.25) is 0 Å². The van der Waals surface area contributed by atoms with E-state index in [1.54, 1.807) is 13.1 Å². The Bertz CT molecular complexity index is 224. The third-order valence-electron chi connectivity index (χ3n) is 1.11. The number of nitrogens with zero attached hydrogens (tertiary/aromatic N) is 3. The van der Waals surface area contributed by atoms with Gasteiger partial charge in [-0.3, -0.25) is 0 Å². The summed E-state index contributed by atoms with van der Waals surface area (Å²) in [6.45, 7) is 5.50. The summed E-state index contributed by atoms with van der Waals surface area (Å²) in [6.07, 6.45) is 1.70. The first kappa shape index (κ1) is 6.01. The third kappa shape index (κ3) is 0.988. The lowest BCUT2D eigenvalue weighted by Crippen LogP contribution is -1.91. The molecule has 3 nitrogen and oxygen atoms in total. The molecule has 1 aromatic rings. The Labute approximate surface area is 54.0 Å². The van der Waals surface area contributed by atoms with Crippen LogP contribution in [0.5, 0.6) is 0 Å². The molecule has 0 fully saturated rings. The minimum absolute atomic E-state index is 0.859. The fourth-order valence-corrected chi connectivity index (χ4v) is 0.707. The van der Waals surface area contributed by atoms with Crippen LogP contribution < -0.4 is 0 Å². The Morgan fingerprint density at radius 3 is 2.44 bits per heavy atom. The quantitative estimate of drug-likeness (QED) is 0.552. The highest BCUT2D eigenvalue weighted by Gasteiger charge is 1.97. The highest BCUT2D eigenvalue weighted by Crippen LogP contribution is 1.99. The van der Waals surface area contributed by atoms with Gasteiger partial charge in [0.25, 0.3) is 0 Å². The van der Waals surface area contributed by atoms with Crippen LogP contribution >= 0.6 is 0 Å². The first-order chi connectivity index (χ1) is 4.24. The predicted octanol–water partition coefficient (Wildman–Crippen LogP) is 0.767. The molecule has 1 heterocycles. The van der Waals surface area contributed by atoms with Gasteiger partial charge in [-0.25, -0.2) is 0 Å². The van der Waals surface area contributed by atoms with E-state index in [4.69, 9.17) is 0 Å². The smallest absolute Gasteiger partial charge is 0.108 e. The number of rotatable bonds is 1. The summed E-state index contributed by atoms with van der Waals surface area (Å²) in [5, 5.41) is 8.03. The molecule has 0 saturated heterocycles. The van der Waals surface area contributed by atoms with Crippen LogP contribution in [0.4, 0.5) is 0 Å². The van der Waals surface area contributed by atoms with Gasteiger partial charge in [0.05, 0.1) is 5.69 Å². The largest absolute Gasteiger partial charge is 0.187 e. The van der Waals surface area contributed by atoms with Gasteiger partial charge >= 0.3 is 0 Å². The summed E-state index contributed by atoms with van der Waals surface area (Å²) >= 11 is 0. The van der Waals surface area contributed by atoms with Gasteiger partial charge in [0.1, 0.15) is 5.69 Å². The molecular formula is C6H9N3. The molecular weight excluding hydrogens is 114 g/mol. The molecule has 0 aromatic carbocycles. The zero-order valence-corrected chi connectivity index (χ0v) is 5.63. The number of hydrogen-bond acceptors (Lipinski definition) is 2. The van der Waals surface area contributed by atoms with Crippen LogP contribution in [0.25, 0.3) is 6.08 Å². The van der Waals surface area contributed by atoms with Crippen molar-refractivity contribution in [1.82, 2.24) is 15.0 Å². The number of hydrogen-bond donors (Lipinski definition) is 0. The maximum absolute atomic E-state index is 4.02. The molecule has 0 saturated carbocycles. The van der Waals surface area contributed by atoms with Gasteiger partial charge in [0.2, 0.25) is 0 Å². The highest BCUT2D eigenvalue weighted by atomic mass is 15.5. The normalized spacial score (nSPS) is 9.56. The molecule has 3 heteroatoms. The van der Waals surface area contributed by atoms with Crippen molar-refractivity contribution in [1.29, 1.82) is 0 Å². The van der Waals surface area contributed by atoms with E-state index in [9.17, 15) is 0 Å². The molecule has 0 aliphatic heterocycles. The monoisotopic (exact) mass is 123 g/mol. The Balaban J connectivity index is 3.15. The Hall–Kier alpha value is -1.12.